The molecule has 0 unspecified atom stereocenters. The molecule has 2 heterocycles. The number of nitrogens with zero attached hydrogens (tertiary/aromatic N) is 2. The Balaban J connectivity index is 1.82. The molecule has 0 N–H and O–H groups in total. The number of benzene rings is 1. The third kappa shape index (κ3) is 2.38. The van der Waals surface area contributed by atoms with Gasteiger partial charge < -0.3 is 9.47 Å². The number of hydrogen-bond acceptors (Lipinski definition) is 4. The summed E-state index contributed by atoms with van der Waals surface area (Å²) < 4.78 is 13.9. The fourth-order valence-corrected chi connectivity index (χ4v) is 4.35. The maximum atomic E-state index is 13.0. The molecule has 1 aromatic carbocycles. The molecule has 0 bridgehead atoms. The highest BCUT2D eigenvalue weighted by atomic mass is 35.5. The Morgan fingerprint density at radius 3 is 2.83 bits per heavy atom. The van der Waals surface area contributed by atoms with Crippen LogP contribution < -0.4 is 5.56 Å². The van der Waals surface area contributed by atoms with Crippen molar-refractivity contribution in [3.8, 4) is 0 Å². The monoisotopic (exact) mass is 348 g/mol. The van der Waals surface area contributed by atoms with E-state index in [1.165, 1.54) is 0 Å². The Bertz CT molecular complexity index is 848. The minimum Gasteiger partial charge on any atom is -0.344 e. The van der Waals surface area contributed by atoms with Crippen LogP contribution in [0.3, 0.4) is 0 Å². The van der Waals surface area contributed by atoms with Crippen LogP contribution in [0.25, 0.3) is 10.9 Å². The first-order valence-corrected chi connectivity index (χ1v) is 8.80. The number of halogens is 1. The zero-order valence-corrected chi connectivity index (χ0v) is 14.8. The van der Waals surface area contributed by atoms with Gasteiger partial charge in [-0.2, -0.15) is 0 Å². The van der Waals surface area contributed by atoms with Gasteiger partial charge in [0.05, 0.1) is 34.4 Å². The normalized spacial score (nSPS) is 31.5. The lowest BCUT2D eigenvalue weighted by Crippen LogP contribution is -2.33. The predicted octanol–water partition coefficient (Wildman–Crippen LogP) is 3.54. The van der Waals surface area contributed by atoms with E-state index >= 15 is 0 Å². The lowest BCUT2D eigenvalue weighted by molar-refractivity contribution is -0.160. The fourth-order valence-electron chi connectivity index (χ4n) is 4.10. The molecule has 0 spiro atoms. The third-order valence-corrected chi connectivity index (χ3v) is 5.51. The summed E-state index contributed by atoms with van der Waals surface area (Å²) in [7, 11) is 0. The molecule has 2 aromatic rings. The topological polar surface area (TPSA) is 53.4 Å². The van der Waals surface area contributed by atoms with E-state index in [1.807, 2.05) is 13.8 Å². The number of ether oxygens (including phenoxy) is 2. The van der Waals surface area contributed by atoms with E-state index in [2.05, 4.69) is 11.9 Å². The van der Waals surface area contributed by atoms with Gasteiger partial charge in [-0.15, -0.1) is 0 Å². The average molecular weight is 349 g/mol. The smallest absolute Gasteiger partial charge is 0.263 e. The zero-order chi connectivity index (χ0) is 17.1. The van der Waals surface area contributed by atoms with Crippen LogP contribution in [-0.4, -0.2) is 27.5 Å². The second kappa shape index (κ2) is 5.55. The fraction of sp³-hybridized carbons (Fsp3) is 0.556. The second-order valence-corrected chi connectivity index (χ2v) is 7.53. The lowest BCUT2D eigenvalue weighted by Gasteiger charge is -2.24. The van der Waals surface area contributed by atoms with Crippen LogP contribution in [0.5, 0.6) is 0 Å². The van der Waals surface area contributed by atoms with E-state index < -0.39 is 5.79 Å². The van der Waals surface area contributed by atoms with Gasteiger partial charge in [-0.3, -0.25) is 9.36 Å². The molecule has 0 radical (unpaired) electrons. The van der Waals surface area contributed by atoms with Gasteiger partial charge in [-0.05, 0) is 38.3 Å². The van der Waals surface area contributed by atoms with E-state index in [0.29, 0.717) is 21.8 Å². The molecular weight excluding hydrogens is 328 g/mol. The second-order valence-electron chi connectivity index (χ2n) is 7.13. The highest BCUT2D eigenvalue weighted by Crippen LogP contribution is 2.47. The van der Waals surface area contributed by atoms with Crippen LogP contribution in [-0.2, 0) is 9.47 Å². The lowest BCUT2D eigenvalue weighted by atomic mass is 10.0. The maximum absolute atomic E-state index is 13.0. The summed E-state index contributed by atoms with van der Waals surface area (Å²) in [5, 5.41) is 0.904. The first-order valence-electron chi connectivity index (χ1n) is 8.42. The summed E-state index contributed by atoms with van der Waals surface area (Å²) in [6.45, 7) is 6.00. The Kier molecular flexibility index (Phi) is 3.71. The van der Waals surface area contributed by atoms with Crippen LogP contribution >= 0.6 is 11.6 Å². The first kappa shape index (κ1) is 16.1. The molecule has 2 aliphatic rings. The van der Waals surface area contributed by atoms with Crippen LogP contribution in [0.4, 0.5) is 0 Å². The molecule has 4 atom stereocenters. The van der Waals surface area contributed by atoms with Crippen molar-refractivity contribution < 1.29 is 9.47 Å². The van der Waals surface area contributed by atoms with Crippen molar-refractivity contribution in [2.75, 3.05) is 0 Å². The number of aromatic nitrogens is 2. The van der Waals surface area contributed by atoms with E-state index in [1.54, 1.807) is 29.1 Å². The first-order chi connectivity index (χ1) is 11.4. The van der Waals surface area contributed by atoms with Gasteiger partial charge >= 0.3 is 0 Å². The summed E-state index contributed by atoms with van der Waals surface area (Å²) in [6, 6.07) is 5.25. The number of hydrogen-bond donors (Lipinski definition) is 0. The quantitative estimate of drug-likeness (QED) is 0.833. The molecule has 1 saturated carbocycles. The van der Waals surface area contributed by atoms with Gasteiger partial charge in [0.15, 0.2) is 5.79 Å². The van der Waals surface area contributed by atoms with Gasteiger partial charge in [-0.25, -0.2) is 4.98 Å². The van der Waals surface area contributed by atoms with Crippen LogP contribution in [0, 0.1) is 5.92 Å². The minimum atomic E-state index is -0.618. The summed E-state index contributed by atoms with van der Waals surface area (Å²) in [4.78, 5) is 17.5. The van der Waals surface area contributed by atoms with Crippen molar-refractivity contribution in [3.63, 3.8) is 0 Å². The van der Waals surface area contributed by atoms with Gasteiger partial charge in [-0.1, -0.05) is 31.0 Å². The summed E-state index contributed by atoms with van der Waals surface area (Å²) in [5.41, 5.74) is 0.508. The largest absolute Gasteiger partial charge is 0.344 e. The summed E-state index contributed by atoms with van der Waals surface area (Å²) in [6.07, 6.45) is 3.34. The Labute approximate surface area is 145 Å². The number of fused-ring (bicyclic) bond motifs is 2. The van der Waals surface area contributed by atoms with Gasteiger partial charge in [0.25, 0.3) is 5.56 Å². The van der Waals surface area contributed by atoms with E-state index in [0.717, 1.165) is 12.8 Å². The Morgan fingerprint density at radius 2 is 2.08 bits per heavy atom. The molecule has 1 saturated heterocycles. The molecule has 24 heavy (non-hydrogen) atoms. The molecule has 1 aromatic heterocycles. The summed E-state index contributed by atoms with van der Waals surface area (Å²) >= 11 is 6.24. The van der Waals surface area contributed by atoms with Crippen LogP contribution in [0.1, 0.15) is 39.7 Å². The van der Waals surface area contributed by atoms with Crippen LogP contribution in [0.2, 0.25) is 5.02 Å². The molecular formula is C18H21ClN2O3. The molecule has 128 valence electrons. The predicted molar refractivity (Wildman–Crippen MR) is 92.3 cm³/mol. The van der Waals surface area contributed by atoms with Gasteiger partial charge in [0.1, 0.15) is 6.10 Å². The Hall–Kier alpha value is -1.43. The maximum Gasteiger partial charge on any atom is 0.263 e. The molecule has 2 fully saturated rings. The summed E-state index contributed by atoms with van der Waals surface area (Å²) in [5.74, 6) is -0.247. The standard InChI is InChI=1S/C18H21ClN2O3/c1-4-10-8-13(16-15(10)23-18(2,3)24-16)21-9-20-12-7-5-6-11(19)14(12)17(21)22/h5-7,9-10,13,15-16H,4,8H2,1-3H3/t10-,13+,15+,16-/m0/s1. The van der Waals surface area contributed by atoms with Crippen molar-refractivity contribution in [2.45, 2.75) is 57.6 Å². The van der Waals surface area contributed by atoms with E-state index in [-0.39, 0.29) is 23.8 Å². The van der Waals surface area contributed by atoms with Gasteiger partial charge in [0, 0.05) is 0 Å². The van der Waals surface area contributed by atoms with Crippen LogP contribution in [0.15, 0.2) is 29.3 Å². The van der Waals surface area contributed by atoms with Crippen molar-refractivity contribution >= 4 is 22.5 Å². The molecule has 6 heteroatoms. The van der Waals surface area contributed by atoms with E-state index in [4.69, 9.17) is 21.1 Å². The minimum absolute atomic E-state index is 0.0174. The number of rotatable bonds is 2. The average Bonchev–Trinajstić information content (AvgIpc) is 3.01. The highest BCUT2D eigenvalue weighted by molar-refractivity contribution is 6.35. The van der Waals surface area contributed by atoms with Crippen molar-refractivity contribution in [3.05, 3.63) is 39.9 Å². The van der Waals surface area contributed by atoms with Gasteiger partial charge in [0.2, 0.25) is 0 Å². The molecule has 0 amide bonds. The van der Waals surface area contributed by atoms with Crippen molar-refractivity contribution in [2.24, 2.45) is 5.92 Å². The van der Waals surface area contributed by atoms with E-state index in [9.17, 15) is 4.79 Å². The van der Waals surface area contributed by atoms with Crippen molar-refractivity contribution in [1.82, 2.24) is 9.55 Å². The molecule has 1 aliphatic carbocycles. The Morgan fingerprint density at radius 1 is 1.33 bits per heavy atom. The van der Waals surface area contributed by atoms with Crippen molar-refractivity contribution in [1.29, 1.82) is 0 Å². The zero-order valence-electron chi connectivity index (χ0n) is 14.0. The third-order valence-electron chi connectivity index (χ3n) is 5.19. The molecule has 5 nitrogen and oxygen atoms in total. The molecule has 1 aliphatic heterocycles. The SMILES string of the molecule is CC[C@H]1C[C@@H](n2cnc3cccc(Cl)c3c2=O)[C@@H]2OC(C)(C)O[C@H]12. The highest BCUT2D eigenvalue weighted by Gasteiger charge is 2.54. The molecule has 4 rings (SSSR count).